The minimum Gasteiger partial charge on any atom is -0.100 e. The Hall–Kier alpha value is -0.260. The molecule has 0 N–H and O–H groups in total. The van der Waals surface area contributed by atoms with Gasteiger partial charge in [0.15, 0.2) is 0 Å². The summed E-state index contributed by atoms with van der Waals surface area (Å²) in [5.74, 6) is 0.988. The van der Waals surface area contributed by atoms with E-state index in [-0.39, 0.29) is 0 Å². The van der Waals surface area contributed by atoms with Crippen LogP contribution in [0.1, 0.15) is 39.0 Å². The average molecular weight is 124 g/mol. The van der Waals surface area contributed by atoms with Gasteiger partial charge >= 0.3 is 0 Å². The second kappa shape index (κ2) is 3.05. The molecule has 1 aliphatic carbocycles. The van der Waals surface area contributed by atoms with Crippen molar-refractivity contribution in [2.45, 2.75) is 39.0 Å². The zero-order chi connectivity index (χ0) is 6.69. The lowest BCUT2D eigenvalue weighted by Crippen LogP contribution is -1.91. The summed E-state index contributed by atoms with van der Waals surface area (Å²) in [5.41, 5.74) is 1.36. The molecule has 0 heteroatoms. The van der Waals surface area contributed by atoms with Crippen LogP contribution >= 0.6 is 0 Å². The molecule has 0 nitrogen and oxygen atoms in total. The van der Waals surface area contributed by atoms with E-state index in [9.17, 15) is 0 Å². The summed E-state index contributed by atoms with van der Waals surface area (Å²) in [5, 5.41) is 0. The molecule has 0 bridgehead atoms. The lowest BCUT2D eigenvalue weighted by Gasteiger charge is -2.06. The highest BCUT2D eigenvalue weighted by molar-refractivity contribution is 4.91. The molecule has 9 heavy (non-hydrogen) atoms. The van der Waals surface area contributed by atoms with Crippen molar-refractivity contribution in [1.82, 2.24) is 0 Å². The van der Waals surface area contributed by atoms with Gasteiger partial charge in [0, 0.05) is 0 Å². The molecule has 0 amide bonds. The monoisotopic (exact) mass is 124 g/mol. The van der Waals surface area contributed by atoms with Crippen molar-refractivity contribution in [3.63, 3.8) is 0 Å². The third-order valence-corrected chi connectivity index (χ3v) is 2.11. The molecule has 1 saturated carbocycles. The van der Waals surface area contributed by atoms with Crippen LogP contribution in [0.2, 0.25) is 0 Å². The zero-order valence-electron chi connectivity index (χ0n) is 6.32. The lowest BCUT2D eigenvalue weighted by atomic mass is 10.0. The van der Waals surface area contributed by atoms with E-state index in [0.717, 1.165) is 5.92 Å². The fraction of sp³-hybridized carbons (Fsp3) is 0.778. The molecule has 1 fully saturated rings. The maximum Gasteiger partial charge on any atom is -0.0297 e. The summed E-state index contributed by atoms with van der Waals surface area (Å²) < 4.78 is 0. The van der Waals surface area contributed by atoms with Gasteiger partial charge in [-0.3, -0.25) is 0 Å². The fourth-order valence-electron chi connectivity index (χ4n) is 1.71. The first kappa shape index (κ1) is 6.85. The SMILES string of the molecule is C=C(C)CC1CCCC1. The van der Waals surface area contributed by atoms with Crippen LogP contribution in [0.15, 0.2) is 12.2 Å². The molecular weight excluding hydrogens is 108 g/mol. The molecule has 0 atom stereocenters. The first-order chi connectivity index (χ1) is 4.29. The molecular formula is C9H16. The van der Waals surface area contributed by atoms with E-state index in [0.29, 0.717) is 0 Å². The quantitative estimate of drug-likeness (QED) is 0.496. The van der Waals surface area contributed by atoms with Gasteiger partial charge in [-0.1, -0.05) is 31.3 Å². The average Bonchev–Trinajstić information content (AvgIpc) is 2.15. The zero-order valence-corrected chi connectivity index (χ0v) is 6.32. The van der Waals surface area contributed by atoms with Gasteiger partial charge in [0.1, 0.15) is 0 Å². The van der Waals surface area contributed by atoms with Crippen molar-refractivity contribution >= 4 is 0 Å². The predicted octanol–water partition coefficient (Wildman–Crippen LogP) is 3.14. The van der Waals surface area contributed by atoms with Gasteiger partial charge in [0.05, 0.1) is 0 Å². The van der Waals surface area contributed by atoms with Crippen LogP contribution in [0.4, 0.5) is 0 Å². The van der Waals surface area contributed by atoms with Gasteiger partial charge in [-0.05, 0) is 19.3 Å². The highest BCUT2D eigenvalue weighted by Gasteiger charge is 2.13. The number of rotatable bonds is 2. The standard InChI is InChI=1S/C9H16/c1-8(2)7-9-5-3-4-6-9/h9H,1,3-7H2,2H3. The smallest absolute Gasteiger partial charge is 0.0297 e. The third-order valence-electron chi connectivity index (χ3n) is 2.11. The maximum absolute atomic E-state index is 3.92. The molecule has 1 aliphatic rings. The minimum absolute atomic E-state index is 0.988. The second-order valence-corrected chi connectivity index (χ2v) is 3.31. The summed E-state index contributed by atoms with van der Waals surface area (Å²) in [6.45, 7) is 6.06. The molecule has 0 aromatic carbocycles. The molecule has 1 rings (SSSR count). The number of hydrogen-bond acceptors (Lipinski definition) is 0. The van der Waals surface area contributed by atoms with E-state index in [4.69, 9.17) is 0 Å². The molecule has 0 aromatic rings. The van der Waals surface area contributed by atoms with E-state index in [1.54, 1.807) is 0 Å². The van der Waals surface area contributed by atoms with Crippen LogP contribution in [0, 0.1) is 5.92 Å². The summed E-state index contributed by atoms with van der Waals surface area (Å²) >= 11 is 0. The molecule has 0 spiro atoms. The Balaban J connectivity index is 2.19. The first-order valence-electron chi connectivity index (χ1n) is 3.93. The Labute approximate surface area is 58.0 Å². The normalized spacial score (nSPS) is 20.6. The molecule has 0 aliphatic heterocycles. The van der Waals surface area contributed by atoms with Gasteiger partial charge in [-0.25, -0.2) is 0 Å². The lowest BCUT2D eigenvalue weighted by molar-refractivity contribution is 0.544. The van der Waals surface area contributed by atoms with Crippen LogP contribution in [-0.4, -0.2) is 0 Å². The fourth-order valence-corrected chi connectivity index (χ4v) is 1.71. The van der Waals surface area contributed by atoms with E-state index in [1.807, 2.05) is 0 Å². The van der Waals surface area contributed by atoms with E-state index >= 15 is 0 Å². The van der Waals surface area contributed by atoms with E-state index < -0.39 is 0 Å². The molecule has 0 unspecified atom stereocenters. The number of hydrogen-bond donors (Lipinski definition) is 0. The summed E-state index contributed by atoms with van der Waals surface area (Å²) in [6, 6.07) is 0. The van der Waals surface area contributed by atoms with Crippen LogP contribution in [0.25, 0.3) is 0 Å². The van der Waals surface area contributed by atoms with Gasteiger partial charge in [0.25, 0.3) is 0 Å². The van der Waals surface area contributed by atoms with Gasteiger partial charge in [0.2, 0.25) is 0 Å². The van der Waals surface area contributed by atoms with Crippen molar-refractivity contribution in [1.29, 1.82) is 0 Å². The van der Waals surface area contributed by atoms with Crippen LogP contribution in [0.3, 0.4) is 0 Å². The Morgan fingerprint density at radius 2 is 2.00 bits per heavy atom. The topological polar surface area (TPSA) is 0 Å². The van der Waals surface area contributed by atoms with E-state index in [2.05, 4.69) is 13.5 Å². The van der Waals surface area contributed by atoms with Gasteiger partial charge in [-0.2, -0.15) is 0 Å². The van der Waals surface area contributed by atoms with Crippen LogP contribution in [0.5, 0.6) is 0 Å². The second-order valence-electron chi connectivity index (χ2n) is 3.31. The largest absolute Gasteiger partial charge is 0.100 e. The van der Waals surface area contributed by atoms with Crippen molar-refractivity contribution in [2.75, 3.05) is 0 Å². The molecule has 0 heterocycles. The molecule has 0 aromatic heterocycles. The van der Waals surface area contributed by atoms with Gasteiger partial charge < -0.3 is 0 Å². The highest BCUT2D eigenvalue weighted by Crippen LogP contribution is 2.29. The highest BCUT2D eigenvalue weighted by atomic mass is 14.2. The van der Waals surface area contributed by atoms with Crippen LogP contribution in [-0.2, 0) is 0 Å². The minimum atomic E-state index is 0.988. The molecule has 0 radical (unpaired) electrons. The number of allylic oxidation sites excluding steroid dienone is 1. The summed E-state index contributed by atoms with van der Waals surface area (Å²) in [4.78, 5) is 0. The molecule has 52 valence electrons. The Bertz CT molecular complexity index is 96.6. The maximum atomic E-state index is 3.92. The summed E-state index contributed by atoms with van der Waals surface area (Å²) in [6.07, 6.45) is 7.09. The Kier molecular flexibility index (Phi) is 2.32. The van der Waals surface area contributed by atoms with Crippen molar-refractivity contribution in [2.24, 2.45) is 5.92 Å². The third kappa shape index (κ3) is 2.21. The van der Waals surface area contributed by atoms with Crippen molar-refractivity contribution in [3.05, 3.63) is 12.2 Å². The first-order valence-corrected chi connectivity index (χ1v) is 3.93. The summed E-state index contributed by atoms with van der Waals surface area (Å²) in [7, 11) is 0. The Morgan fingerprint density at radius 3 is 2.44 bits per heavy atom. The van der Waals surface area contributed by atoms with Crippen molar-refractivity contribution in [3.8, 4) is 0 Å². The van der Waals surface area contributed by atoms with Crippen LogP contribution < -0.4 is 0 Å². The van der Waals surface area contributed by atoms with Crippen molar-refractivity contribution < 1.29 is 0 Å². The predicted molar refractivity (Wildman–Crippen MR) is 41.4 cm³/mol. The molecule has 0 saturated heterocycles. The Morgan fingerprint density at radius 1 is 1.44 bits per heavy atom. The van der Waals surface area contributed by atoms with Gasteiger partial charge in [-0.15, -0.1) is 6.58 Å². The van der Waals surface area contributed by atoms with E-state index in [1.165, 1.54) is 37.7 Å².